The minimum atomic E-state index is -0.434. The van der Waals surface area contributed by atoms with E-state index < -0.39 is 5.41 Å². The van der Waals surface area contributed by atoms with Crippen LogP contribution in [0.3, 0.4) is 0 Å². The molecular formula is C15H22N4O2. The summed E-state index contributed by atoms with van der Waals surface area (Å²) in [5.74, 6) is 1.74. The highest BCUT2D eigenvalue weighted by Crippen LogP contribution is 2.18. The minimum absolute atomic E-state index is 0.0414. The molecule has 0 saturated heterocycles. The predicted molar refractivity (Wildman–Crippen MR) is 80.0 cm³/mol. The molecule has 0 aliphatic carbocycles. The summed E-state index contributed by atoms with van der Waals surface area (Å²) in [5.41, 5.74) is 0.238. The average molecular weight is 290 g/mol. The predicted octanol–water partition coefficient (Wildman–Crippen LogP) is 3.03. The first-order valence-electron chi connectivity index (χ1n) is 7.04. The molecule has 2 heterocycles. The van der Waals surface area contributed by atoms with Crippen molar-refractivity contribution in [2.75, 3.05) is 5.32 Å². The van der Waals surface area contributed by atoms with Crippen molar-refractivity contribution in [1.29, 1.82) is 0 Å². The van der Waals surface area contributed by atoms with Crippen LogP contribution in [0.4, 0.5) is 5.69 Å². The monoisotopic (exact) mass is 290 g/mol. The van der Waals surface area contributed by atoms with Crippen LogP contribution in [0.5, 0.6) is 0 Å². The van der Waals surface area contributed by atoms with Gasteiger partial charge in [-0.2, -0.15) is 5.10 Å². The number of nitrogens with zero attached hydrogens (tertiary/aromatic N) is 3. The van der Waals surface area contributed by atoms with Gasteiger partial charge in [-0.1, -0.05) is 34.6 Å². The molecule has 1 N–H and O–H groups in total. The average Bonchev–Trinajstić information content (AvgIpc) is 2.98. The number of carbonyl (C=O) groups excluding carboxylic acids is 1. The van der Waals surface area contributed by atoms with Gasteiger partial charge in [-0.3, -0.25) is 9.48 Å². The van der Waals surface area contributed by atoms with Crippen LogP contribution in [0, 0.1) is 5.41 Å². The number of aromatic nitrogens is 3. The number of amides is 1. The number of hydrogen-bond acceptors (Lipinski definition) is 4. The maximum absolute atomic E-state index is 11.9. The van der Waals surface area contributed by atoms with Gasteiger partial charge in [0.2, 0.25) is 11.8 Å². The first-order chi connectivity index (χ1) is 9.75. The minimum Gasteiger partial charge on any atom is -0.443 e. The summed E-state index contributed by atoms with van der Waals surface area (Å²) < 4.78 is 7.32. The van der Waals surface area contributed by atoms with Crippen molar-refractivity contribution in [2.24, 2.45) is 5.41 Å². The van der Waals surface area contributed by atoms with Crippen LogP contribution in [0.2, 0.25) is 0 Å². The van der Waals surface area contributed by atoms with Gasteiger partial charge in [-0.25, -0.2) is 4.98 Å². The zero-order valence-corrected chi connectivity index (χ0v) is 13.2. The molecule has 0 aliphatic rings. The summed E-state index contributed by atoms with van der Waals surface area (Å²) in [6.45, 7) is 10.2. The summed E-state index contributed by atoms with van der Waals surface area (Å²) in [6, 6.07) is 0. The molecule has 0 radical (unpaired) electrons. The third-order valence-corrected chi connectivity index (χ3v) is 3.01. The van der Waals surface area contributed by atoms with E-state index in [1.54, 1.807) is 23.3 Å². The van der Waals surface area contributed by atoms with Crippen molar-refractivity contribution in [1.82, 2.24) is 14.8 Å². The van der Waals surface area contributed by atoms with Gasteiger partial charge in [0.25, 0.3) is 0 Å². The summed E-state index contributed by atoms with van der Waals surface area (Å²) in [5, 5.41) is 7.04. The summed E-state index contributed by atoms with van der Waals surface area (Å²) in [6.07, 6.45) is 5.13. The molecule has 0 atom stereocenters. The molecule has 0 aliphatic heterocycles. The SMILES string of the molecule is CC(C)c1cnc(Cn2cc(NC(=O)C(C)(C)C)cn2)o1. The van der Waals surface area contributed by atoms with E-state index in [9.17, 15) is 4.79 Å². The lowest BCUT2D eigenvalue weighted by atomic mass is 9.96. The first-order valence-corrected chi connectivity index (χ1v) is 7.04. The Balaban J connectivity index is 2.01. The van der Waals surface area contributed by atoms with E-state index >= 15 is 0 Å². The van der Waals surface area contributed by atoms with Gasteiger partial charge in [-0.05, 0) is 0 Å². The Bertz CT molecular complexity index is 620. The van der Waals surface area contributed by atoms with Gasteiger partial charge >= 0.3 is 0 Å². The zero-order chi connectivity index (χ0) is 15.6. The number of carbonyl (C=O) groups is 1. The molecule has 6 nitrogen and oxygen atoms in total. The summed E-state index contributed by atoms with van der Waals surface area (Å²) in [7, 11) is 0. The van der Waals surface area contributed by atoms with E-state index in [1.807, 2.05) is 20.8 Å². The normalized spacial score (nSPS) is 11.9. The molecule has 6 heteroatoms. The fourth-order valence-electron chi connectivity index (χ4n) is 1.64. The summed E-state index contributed by atoms with van der Waals surface area (Å²) in [4.78, 5) is 16.1. The highest BCUT2D eigenvalue weighted by Gasteiger charge is 2.21. The standard InChI is InChI=1S/C15H22N4O2/c1-10(2)12-7-16-13(21-12)9-19-8-11(6-17-19)18-14(20)15(3,4)5/h6-8,10H,9H2,1-5H3,(H,18,20). The van der Waals surface area contributed by atoms with Gasteiger partial charge in [0.05, 0.1) is 18.1 Å². The number of anilines is 1. The molecule has 0 bridgehead atoms. The number of rotatable bonds is 4. The van der Waals surface area contributed by atoms with Crippen LogP contribution in [-0.4, -0.2) is 20.7 Å². The third-order valence-electron chi connectivity index (χ3n) is 3.01. The fraction of sp³-hybridized carbons (Fsp3) is 0.533. The molecule has 2 aromatic rings. The van der Waals surface area contributed by atoms with E-state index in [4.69, 9.17) is 4.42 Å². The van der Waals surface area contributed by atoms with Crippen molar-refractivity contribution >= 4 is 11.6 Å². The van der Waals surface area contributed by atoms with Crippen LogP contribution in [0.1, 0.15) is 52.2 Å². The molecule has 0 spiro atoms. The number of hydrogen-bond donors (Lipinski definition) is 1. The third kappa shape index (κ3) is 3.93. The Kier molecular flexibility index (Phi) is 4.16. The van der Waals surface area contributed by atoms with E-state index in [2.05, 4.69) is 29.2 Å². The van der Waals surface area contributed by atoms with Gasteiger partial charge in [0, 0.05) is 17.5 Å². The Morgan fingerprint density at radius 1 is 1.38 bits per heavy atom. The van der Waals surface area contributed by atoms with Crippen molar-refractivity contribution in [2.45, 2.75) is 47.1 Å². The fourth-order valence-corrected chi connectivity index (χ4v) is 1.64. The van der Waals surface area contributed by atoms with E-state index in [-0.39, 0.29) is 5.91 Å². The van der Waals surface area contributed by atoms with Crippen molar-refractivity contribution in [3.63, 3.8) is 0 Å². The summed E-state index contributed by atoms with van der Waals surface area (Å²) >= 11 is 0. The van der Waals surface area contributed by atoms with Crippen LogP contribution >= 0.6 is 0 Å². The zero-order valence-electron chi connectivity index (χ0n) is 13.2. The van der Waals surface area contributed by atoms with Crippen LogP contribution in [0.25, 0.3) is 0 Å². The molecule has 0 saturated carbocycles. The Hall–Kier alpha value is -2.11. The molecule has 21 heavy (non-hydrogen) atoms. The lowest BCUT2D eigenvalue weighted by Crippen LogP contribution is -2.27. The molecule has 1 amide bonds. The van der Waals surface area contributed by atoms with E-state index in [1.165, 1.54) is 0 Å². The lowest BCUT2D eigenvalue weighted by molar-refractivity contribution is -0.123. The van der Waals surface area contributed by atoms with E-state index in [0.29, 0.717) is 24.0 Å². The topological polar surface area (TPSA) is 73.0 Å². The van der Waals surface area contributed by atoms with E-state index in [0.717, 1.165) is 5.76 Å². The number of oxazole rings is 1. The van der Waals surface area contributed by atoms with Crippen molar-refractivity contribution in [3.05, 3.63) is 30.2 Å². The van der Waals surface area contributed by atoms with Crippen molar-refractivity contribution < 1.29 is 9.21 Å². The van der Waals surface area contributed by atoms with Gasteiger partial charge in [0.15, 0.2) is 0 Å². The first kappa shape index (κ1) is 15.3. The second-order valence-electron chi connectivity index (χ2n) is 6.44. The smallest absolute Gasteiger partial charge is 0.229 e. The molecule has 114 valence electrons. The largest absolute Gasteiger partial charge is 0.443 e. The van der Waals surface area contributed by atoms with Crippen LogP contribution in [-0.2, 0) is 11.3 Å². The second kappa shape index (κ2) is 5.71. The molecular weight excluding hydrogens is 268 g/mol. The molecule has 0 aromatic carbocycles. The van der Waals surface area contributed by atoms with Crippen LogP contribution in [0.15, 0.2) is 23.0 Å². The maximum atomic E-state index is 11.9. The van der Waals surface area contributed by atoms with Crippen molar-refractivity contribution in [3.8, 4) is 0 Å². The maximum Gasteiger partial charge on any atom is 0.229 e. The Morgan fingerprint density at radius 3 is 2.67 bits per heavy atom. The molecule has 2 aromatic heterocycles. The highest BCUT2D eigenvalue weighted by molar-refractivity contribution is 5.94. The van der Waals surface area contributed by atoms with Crippen LogP contribution < -0.4 is 5.32 Å². The quantitative estimate of drug-likeness (QED) is 0.939. The van der Waals surface area contributed by atoms with Gasteiger partial charge < -0.3 is 9.73 Å². The molecule has 2 rings (SSSR count). The number of nitrogens with one attached hydrogen (secondary N) is 1. The molecule has 0 fully saturated rings. The Morgan fingerprint density at radius 2 is 2.10 bits per heavy atom. The highest BCUT2D eigenvalue weighted by atomic mass is 16.4. The van der Waals surface area contributed by atoms with Gasteiger partial charge in [0.1, 0.15) is 12.3 Å². The molecule has 0 unspecified atom stereocenters. The lowest BCUT2D eigenvalue weighted by Gasteiger charge is -2.16. The Labute approximate surface area is 124 Å². The second-order valence-corrected chi connectivity index (χ2v) is 6.44. The van der Waals surface area contributed by atoms with Gasteiger partial charge in [-0.15, -0.1) is 0 Å².